The molecular formula is C7H12O4. The number of carbonyl (C=O) groups is 1. The first-order valence-electron chi connectivity index (χ1n) is 3.79. The topological polar surface area (TPSA) is 55.8 Å². The van der Waals surface area contributed by atoms with Crippen molar-refractivity contribution in [3.05, 3.63) is 0 Å². The van der Waals surface area contributed by atoms with Crippen molar-refractivity contribution in [2.75, 3.05) is 6.61 Å². The van der Waals surface area contributed by atoms with Crippen LogP contribution < -0.4 is 0 Å². The van der Waals surface area contributed by atoms with Crippen LogP contribution in [0.1, 0.15) is 25.7 Å². The quantitative estimate of drug-likeness (QED) is 0.625. The molecule has 1 rings (SSSR count). The van der Waals surface area contributed by atoms with Crippen LogP contribution in [0.4, 0.5) is 0 Å². The molecule has 0 aliphatic carbocycles. The van der Waals surface area contributed by atoms with Gasteiger partial charge < -0.3 is 5.11 Å². The number of hydrogen-bond donors (Lipinski definition) is 1. The summed E-state index contributed by atoms with van der Waals surface area (Å²) >= 11 is 0. The van der Waals surface area contributed by atoms with Gasteiger partial charge in [0.15, 0.2) is 0 Å². The molecule has 4 nitrogen and oxygen atoms in total. The first-order chi connectivity index (χ1) is 5.29. The summed E-state index contributed by atoms with van der Waals surface area (Å²) in [4.78, 5) is 19.7. The predicted octanol–water partition coefficient (Wildman–Crippen LogP) is 0.962. The van der Waals surface area contributed by atoms with Gasteiger partial charge in [0, 0.05) is 6.42 Å². The van der Waals surface area contributed by atoms with E-state index in [1.807, 2.05) is 0 Å². The van der Waals surface area contributed by atoms with Crippen molar-refractivity contribution >= 4 is 5.97 Å². The maximum atomic E-state index is 10.1. The Labute approximate surface area is 65.0 Å². The lowest BCUT2D eigenvalue weighted by Gasteiger charge is -2.19. The van der Waals surface area contributed by atoms with Crippen molar-refractivity contribution < 1.29 is 19.7 Å². The molecule has 0 bridgehead atoms. The Hall–Kier alpha value is -0.610. The van der Waals surface area contributed by atoms with Crippen LogP contribution in [0.2, 0.25) is 0 Å². The van der Waals surface area contributed by atoms with Crippen molar-refractivity contribution in [1.82, 2.24) is 0 Å². The van der Waals surface area contributed by atoms with Crippen LogP contribution in [0, 0.1) is 0 Å². The predicted molar refractivity (Wildman–Crippen MR) is 36.9 cm³/mol. The Morgan fingerprint density at radius 1 is 1.64 bits per heavy atom. The van der Waals surface area contributed by atoms with Crippen LogP contribution in [0.25, 0.3) is 0 Å². The zero-order valence-corrected chi connectivity index (χ0v) is 6.28. The lowest BCUT2D eigenvalue weighted by atomic mass is 10.1. The SMILES string of the molecule is O=C(O)CCC1CCCOO1. The highest BCUT2D eigenvalue weighted by molar-refractivity contribution is 5.66. The van der Waals surface area contributed by atoms with E-state index in [0.29, 0.717) is 13.0 Å². The molecule has 1 unspecified atom stereocenters. The lowest BCUT2D eigenvalue weighted by molar-refractivity contribution is -0.345. The molecule has 1 aliphatic heterocycles. The van der Waals surface area contributed by atoms with Crippen LogP contribution in [0.3, 0.4) is 0 Å². The average molecular weight is 160 g/mol. The fourth-order valence-electron chi connectivity index (χ4n) is 1.04. The van der Waals surface area contributed by atoms with Crippen LogP contribution in [0.15, 0.2) is 0 Å². The van der Waals surface area contributed by atoms with E-state index in [1.165, 1.54) is 0 Å². The van der Waals surface area contributed by atoms with Gasteiger partial charge in [-0.3, -0.25) is 4.79 Å². The molecule has 1 atom stereocenters. The van der Waals surface area contributed by atoms with E-state index in [2.05, 4.69) is 0 Å². The van der Waals surface area contributed by atoms with E-state index < -0.39 is 5.97 Å². The standard InChI is InChI=1S/C7H12O4/c8-7(9)4-3-6-2-1-5-10-11-6/h6H,1-5H2,(H,8,9). The molecule has 0 radical (unpaired) electrons. The second-order valence-electron chi connectivity index (χ2n) is 2.61. The average Bonchev–Trinajstić information content (AvgIpc) is 2.03. The van der Waals surface area contributed by atoms with Gasteiger partial charge >= 0.3 is 5.97 Å². The van der Waals surface area contributed by atoms with Gasteiger partial charge in [-0.1, -0.05) is 0 Å². The maximum Gasteiger partial charge on any atom is 0.303 e. The summed E-state index contributed by atoms with van der Waals surface area (Å²) in [5.74, 6) is -0.779. The number of carboxylic acids is 1. The summed E-state index contributed by atoms with van der Waals surface area (Å²) in [5.41, 5.74) is 0. The summed E-state index contributed by atoms with van der Waals surface area (Å²) in [5, 5.41) is 8.35. The molecule has 1 saturated heterocycles. The van der Waals surface area contributed by atoms with Gasteiger partial charge in [0.05, 0.1) is 12.7 Å². The molecule has 1 heterocycles. The van der Waals surface area contributed by atoms with Gasteiger partial charge in [0.1, 0.15) is 0 Å². The molecule has 0 spiro atoms. The third-order valence-electron chi connectivity index (χ3n) is 1.64. The Kier molecular flexibility index (Phi) is 3.32. The molecule has 0 aromatic heterocycles. The zero-order valence-electron chi connectivity index (χ0n) is 6.28. The Bertz CT molecular complexity index is 128. The second-order valence-corrected chi connectivity index (χ2v) is 2.61. The molecule has 0 aromatic carbocycles. The van der Waals surface area contributed by atoms with Crippen molar-refractivity contribution in [3.8, 4) is 0 Å². The van der Waals surface area contributed by atoms with E-state index in [1.54, 1.807) is 0 Å². The molecule has 0 aromatic rings. The maximum absolute atomic E-state index is 10.1. The summed E-state index contributed by atoms with van der Waals surface area (Å²) in [6, 6.07) is 0. The van der Waals surface area contributed by atoms with Gasteiger partial charge in [-0.2, -0.15) is 0 Å². The van der Waals surface area contributed by atoms with Crippen molar-refractivity contribution in [2.24, 2.45) is 0 Å². The molecule has 1 fully saturated rings. The Morgan fingerprint density at radius 2 is 2.45 bits per heavy atom. The number of aliphatic carboxylic acids is 1. The highest BCUT2D eigenvalue weighted by Gasteiger charge is 2.15. The first-order valence-corrected chi connectivity index (χ1v) is 3.79. The molecule has 4 heteroatoms. The smallest absolute Gasteiger partial charge is 0.303 e. The largest absolute Gasteiger partial charge is 0.481 e. The van der Waals surface area contributed by atoms with Crippen LogP contribution in [-0.4, -0.2) is 23.8 Å². The van der Waals surface area contributed by atoms with E-state index in [9.17, 15) is 4.79 Å². The molecule has 64 valence electrons. The number of rotatable bonds is 3. The highest BCUT2D eigenvalue weighted by Crippen LogP contribution is 2.14. The van der Waals surface area contributed by atoms with Crippen LogP contribution in [-0.2, 0) is 14.6 Å². The lowest BCUT2D eigenvalue weighted by Crippen LogP contribution is -2.20. The minimum Gasteiger partial charge on any atom is -0.481 e. The van der Waals surface area contributed by atoms with Gasteiger partial charge in [0.25, 0.3) is 0 Å². The zero-order chi connectivity index (χ0) is 8.10. The van der Waals surface area contributed by atoms with Gasteiger partial charge in [-0.05, 0) is 19.3 Å². The normalized spacial score (nSPS) is 24.9. The van der Waals surface area contributed by atoms with Crippen LogP contribution >= 0.6 is 0 Å². The van der Waals surface area contributed by atoms with E-state index in [0.717, 1.165) is 12.8 Å². The third-order valence-corrected chi connectivity index (χ3v) is 1.64. The molecule has 1 N–H and O–H groups in total. The molecule has 1 aliphatic rings. The van der Waals surface area contributed by atoms with Gasteiger partial charge in [0.2, 0.25) is 0 Å². The summed E-state index contributed by atoms with van der Waals surface area (Å²) in [6.07, 6.45) is 2.57. The Balaban J connectivity index is 2.09. The highest BCUT2D eigenvalue weighted by atomic mass is 17.2. The summed E-state index contributed by atoms with van der Waals surface area (Å²) in [7, 11) is 0. The van der Waals surface area contributed by atoms with Crippen LogP contribution in [0.5, 0.6) is 0 Å². The minimum absolute atomic E-state index is 0.0140. The van der Waals surface area contributed by atoms with Gasteiger partial charge in [-0.25, -0.2) is 9.78 Å². The molecule has 0 amide bonds. The fourth-order valence-corrected chi connectivity index (χ4v) is 1.04. The molecular weight excluding hydrogens is 148 g/mol. The van der Waals surface area contributed by atoms with Crippen molar-refractivity contribution in [1.29, 1.82) is 0 Å². The van der Waals surface area contributed by atoms with Gasteiger partial charge in [-0.15, -0.1) is 0 Å². The van der Waals surface area contributed by atoms with Crippen molar-refractivity contribution in [2.45, 2.75) is 31.8 Å². The monoisotopic (exact) mass is 160 g/mol. The van der Waals surface area contributed by atoms with E-state index in [-0.39, 0.29) is 12.5 Å². The third kappa shape index (κ3) is 3.34. The number of carboxylic acid groups (broad SMARTS) is 1. The first kappa shape index (κ1) is 8.49. The van der Waals surface area contributed by atoms with E-state index >= 15 is 0 Å². The summed E-state index contributed by atoms with van der Waals surface area (Å²) < 4.78 is 0. The minimum atomic E-state index is -0.779. The number of hydrogen-bond acceptors (Lipinski definition) is 3. The summed E-state index contributed by atoms with van der Waals surface area (Å²) in [6.45, 7) is 0.629. The van der Waals surface area contributed by atoms with Crippen molar-refractivity contribution in [3.63, 3.8) is 0 Å². The van der Waals surface area contributed by atoms with E-state index in [4.69, 9.17) is 14.9 Å². The molecule has 11 heavy (non-hydrogen) atoms. The second kappa shape index (κ2) is 4.31. The Morgan fingerprint density at radius 3 is 3.00 bits per heavy atom. The fraction of sp³-hybridized carbons (Fsp3) is 0.857. The molecule has 0 saturated carbocycles.